The average Bonchev–Trinajstić information content (AvgIpc) is 3.45. The van der Waals surface area contributed by atoms with Crippen molar-refractivity contribution in [3.05, 3.63) is 65.7 Å². The summed E-state index contributed by atoms with van der Waals surface area (Å²) in [5.74, 6) is -0.0925. The van der Waals surface area contributed by atoms with Gasteiger partial charge in [-0.15, -0.1) is 0 Å². The largest absolute Gasteiger partial charge is 0.387 e. The van der Waals surface area contributed by atoms with Crippen LogP contribution in [0.1, 0.15) is 34.9 Å². The number of hydrogen-bond acceptors (Lipinski definition) is 3. The highest BCUT2D eigenvalue weighted by atomic mass is 16.3. The molecule has 24 heavy (non-hydrogen) atoms. The molecule has 0 unspecified atom stereocenters. The fourth-order valence-electron chi connectivity index (χ4n) is 2.69. The van der Waals surface area contributed by atoms with E-state index in [-0.39, 0.29) is 18.5 Å². The Morgan fingerprint density at radius 3 is 2.42 bits per heavy atom. The van der Waals surface area contributed by atoms with E-state index in [4.69, 9.17) is 0 Å². The predicted octanol–water partition coefficient (Wildman–Crippen LogP) is 2.59. The molecule has 0 radical (unpaired) electrons. The Kier molecular flexibility index (Phi) is 4.91. The van der Waals surface area contributed by atoms with Gasteiger partial charge in [0.1, 0.15) is 0 Å². The van der Waals surface area contributed by atoms with E-state index in [1.165, 1.54) is 0 Å². The lowest BCUT2D eigenvalue weighted by atomic mass is 10.1. The third kappa shape index (κ3) is 3.81. The van der Waals surface area contributed by atoms with Crippen molar-refractivity contribution >= 4 is 18.0 Å². The average molecular weight is 324 g/mol. The Hall–Kier alpha value is -2.66. The van der Waals surface area contributed by atoms with Gasteiger partial charge >= 0.3 is 0 Å². The molecule has 2 aromatic rings. The van der Waals surface area contributed by atoms with E-state index in [1.54, 1.807) is 29.2 Å². The minimum absolute atomic E-state index is 0.0925. The van der Waals surface area contributed by atoms with Crippen molar-refractivity contribution in [3.8, 4) is 0 Å². The second-order valence-electron chi connectivity index (χ2n) is 5.95. The van der Waals surface area contributed by atoms with Gasteiger partial charge in [-0.2, -0.15) is 0 Å². The zero-order valence-electron chi connectivity index (χ0n) is 13.3. The Bertz CT molecular complexity index is 696. The van der Waals surface area contributed by atoms with Gasteiger partial charge in [0, 0.05) is 17.3 Å². The zero-order chi connectivity index (χ0) is 16.9. The summed E-state index contributed by atoms with van der Waals surface area (Å²) in [6.45, 7) is 0.280. The molecule has 3 rings (SSSR count). The lowest BCUT2D eigenvalue weighted by molar-refractivity contribution is -0.105. The van der Waals surface area contributed by atoms with E-state index in [9.17, 15) is 14.7 Å². The molecule has 124 valence electrons. The van der Waals surface area contributed by atoms with E-state index in [2.05, 4.69) is 5.32 Å². The van der Waals surface area contributed by atoms with Crippen LogP contribution < -0.4 is 5.32 Å². The molecular formula is C19H20N2O3. The van der Waals surface area contributed by atoms with Gasteiger partial charge in [0.15, 0.2) is 0 Å². The van der Waals surface area contributed by atoms with Gasteiger partial charge in [-0.05, 0) is 42.7 Å². The molecule has 2 aromatic carbocycles. The Morgan fingerprint density at radius 1 is 1.17 bits per heavy atom. The van der Waals surface area contributed by atoms with Crippen molar-refractivity contribution in [1.82, 2.24) is 4.90 Å². The summed E-state index contributed by atoms with van der Waals surface area (Å²) in [5, 5.41) is 13.0. The number of benzene rings is 2. The number of nitrogens with zero attached hydrogens (tertiary/aromatic N) is 1. The van der Waals surface area contributed by atoms with Crippen LogP contribution in [-0.2, 0) is 4.79 Å². The maximum absolute atomic E-state index is 12.8. The molecule has 5 heteroatoms. The van der Waals surface area contributed by atoms with Crippen molar-refractivity contribution in [3.63, 3.8) is 0 Å². The van der Waals surface area contributed by atoms with Gasteiger partial charge < -0.3 is 15.3 Å². The monoisotopic (exact) mass is 324 g/mol. The topological polar surface area (TPSA) is 69.6 Å². The van der Waals surface area contributed by atoms with Gasteiger partial charge in [-0.25, -0.2) is 0 Å². The SMILES string of the molecule is O=CNc1ccc(C(=O)N(C[C@H](O)c2ccccc2)C2CC2)cc1. The van der Waals surface area contributed by atoms with Crippen LogP contribution in [0.2, 0.25) is 0 Å². The van der Waals surface area contributed by atoms with Crippen LogP contribution >= 0.6 is 0 Å². The summed E-state index contributed by atoms with van der Waals surface area (Å²) in [5.41, 5.74) is 2.00. The van der Waals surface area contributed by atoms with Crippen molar-refractivity contribution in [2.24, 2.45) is 0 Å². The highest BCUT2D eigenvalue weighted by molar-refractivity contribution is 5.95. The maximum Gasteiger partial charge on any atom is 0.254 e. The molecule has 0 aliphatic heterocycles. The molecule has 0 aromatic heterocycles. The van der Waals surface area contributed by atoms with E-state index in [0.29, 0.717) is 17.7 Å². The maximum atomic E-state index is 12.8. The summed E-state index contributed by atoms with van der Waals surface area (Å²) in [4.78, 5) is 25.0. The molecule has 5 nitrogen and oxygen atoms in total. The molecule has 1 aliphatic rings. The third-order valence-corrected chi connectivity index (χ3v) is 4.16. The van der Waals surface area contributed by atoms with Gasteiger partial charge in [0.2, 0.25) is 6.41 Å². The number of nitrogens with one attached hydrogen (secondary N) is 1. The first-order chi connectivity index (χ1) is 11.7. The fourth-order valence-corrected chi connectivity index (χ4v) is 2.69. The summed E-state index contributed by atoms with van der Waals surface area (Å²) in [7, 11) is 0. The van der Waals surface area contributed by atoms with E-state index in [1.807, 2.05) is 30.3 Å². The van der Waals surface area contributed by atoms with Gasteiger partial charge in [-0.1, -0.05) is 30.3 Å². The standard InChI is InChI=1S/C19H20N2O3/c22-13-20-16-8-6-15(7-9-16)19(24)21(17-10-11-17)12-18(23)14-4-2-1-3-5-14/h1-9,13,17-18,23H,10-12H2,(H,20,22)/t18-/m0/s1. The van der Waals surface area contributed by atoms with Gasteiger partial charge in [-0.3, -0.25) is 9.59 Å². The number of aliphatic hydroxyl groups is 1. The first-order valence-corrected chi connectivity index (χ1v) is 8.03. The molecule has 0 saturated heterocycles. The van der Waals surface area contributed by atoms with Crippen LogP contribution in [0, 0.1) is 0 Å². The smallest absolute Gasteiger partial charge is 0.254 e. The molecule has 0 bridgehead atoms. The number of hydrogen-bond donors (Lipinski definition) is 2. The lowest BCUT2D eigenvalue weighted by Crippen LogP contribution is -2.36. The van der Waals surface area contributed by atoms with Crippen LogP contribution in [0.4, 0.5) is 5.69 Å². The summed E-state index contributed by atoms with van der Waals surface area (Å²) in [6, 6.07) is 16.3. The highest BCUT2D eigenvalue weighted by Gasteiger charge is 2.34. The van der Waals surface area contributed by atoms with Crippen molar-refractivity contribution in [2.45, 2.75) is 25.0 Å². The van der Waals surface area contributed by atoms with Gasteiger partial charge in [0.05, 0.1) is 12.6 Å². The highest BCUT2D eigenvalue weighted by Crippen LogP contribution is 2.30. The molecule has 0 spiro atoms. The summed E-state index contributed by atoms with van der Waals surface area (Å²) in [6.07, 6.45) is 1.84. The fraction of sp³-hybridized carbons (Fsp3) is 0.263. The van der Waals surface area contributed by atoms with E-state index < -0.39 is 6.10 Å². The summed E-state index contributed by atoms with van der Waals surface area (Å²) < 4.78 is 0. The number of carbonyl (C=O) groups is 2. The lowest BCUT2D eigenvalue weighted by Gasteiger charge is -2.25. The molecular weight excluding hydrogens is 304 g/mol. The van der Waals surface area contributed by atoms with Crippen molar-refractivity contribution < 1.29 is 14.7 Å². The first kappa shape index (κ1) is 16.2. The molecule has 1 aliphatic carbocycles. The Labute approximate surface area is 140 Å². The molecule has 0 heterocycles. The summed E-state index contributed by atoms with van der Waals surface area (Å²) >= 11 is 0. The number of carbonyl (C=O) groups excluding carboxylic acids is 2. The molecule has 1 saturated carbocycles. The molecule has 2 N–H and O–H groups in total. The number of amides is 2. The minimum atomic E-state index is -0.702. The van der Waals surface area contributed by atoms with E-state index in [0.717, 1.165) is 18.4 Å². The number of aliphatic hydroxyl groups excluding tert-OH is 1. The molecule has 1 atom stereocenters. The molecule has 2 amide bonds. The van der Waals surface area contributed by atoms with Crippen LogP contribution in [-0.4, -0.2) is 34.9 Å². The van der Waals surface area contributed by atoms with Crippen LogP contribution in [0.25, 0.3) is 0 Å². The third-order valence-electron chi connectivity index (χ3n) is 4.16. The number of anilines is 1. The predicted molar refractivity (Wildman–Crippen MR) is 91.6 cm³/mol. The van der Waals surface area contributed by atoms with Crippen molar-refractivity contribution in [1.29, 1.82) is 0 Å². The minimum Gasteiger partial charge on any atom is -0.387 e. The number of rotatable bonds is 7. The Balaban J connectivity index is 1.73. The van der Waals surface area contributed by atoms with Crippen LogP contribution in [0.5, 0.6) is 0 Å². The normalized spacial score (nSPS) is 14.7. The zero-order valence-corrected chi connectivity index (χ0v) is 13.3. The van der Waals surface area contributed by atoms with Crippen molar-refractivity contribution in [2.75, 3.05) is 11.9 Å². The molecule has 1 fully saturated rings. The van der Waals surface area contributed by atoms with E-state index >= 15 is 0 Å². The second-order valence-corrected chi connectivity index (χ2v) is 5.95. The quantitative estimate of drug-likeness (QED) is 0.769. The van der Waals surface area contributed by atoms with Crippen LogP contribution in [0.3, 0.4) is 0 Å². The van der Waals surface area contributed by atoms with Crippen LogP contribution in [0.15, 0.2) is 54.6 Å². The Morgan fingerprint density at radius 2 is 1.83 bits per heavy atom. The van der Waals surface area contributed by atoms with Gasteiger partial charge in [0.25, 0.3) is 5.91 Å². The first-order valence-electron chi connectivity index (χ1n) is 8.03. The second kappa shape index (κ2) is 7.27.